The summed E-state index contributed by atoms with van der Waals surface area (Å²) in [5.41, 5.74) is 10.2. The summed E-state index contributed by atoms with van der Waals surface area (Å²) in [4.78, 5) is 51.1. The van der Waals surface area contributed by atoms with Crippen LogP contribution in [0.4, 0.5) is 0 Å². The zero-order chi connectivity index (χ0) is 54.3. The van der Waals surface area contributed by atoms with Gasteiger partial charge in [-0.05, 0) is 115 Å². The Balaban J connectivity index is 0.00000282. The van der Waals surface area contributed by atoms with Gasteiger partial charge in [0.25, 0.3) is 0 Å². The molecule has 25 heteroatoms. The molecule has 3 aromatic heterocycles. The summed E-state index contributed by atoms with van der Waals surface area (Å²) >= 11 is 7.13. The largest absolute Gasteiger partial charge is 1.00 e. The smallest absolute Gasteiger partial charge is 0.307 e. The van der Waals surface area contributed by atoms with Crippen molar-refractivity contribution in [2.45, 2.75) is 23.0 Å². The third kappa shape index (κ3) is 15.1. The van der Waals surface area contributed by atoms with E-state index in [4.69, 9.17) is 39.9 Å². The normalized spacial score (nSPS) is 10.9. The monoisotopic (exact) mass is 1300 g/mol. The fourth-order valence-corrected chi connectivity index (χ4v) is 13.4. The molecule has 437 valence electrons. The maximum Gasteiger partial charge on any atom is 0.307 e. The van der Waals surface area contributed by atoms with Crippen LogP contribution in [-0.4, -0.2) is 201 Å². The van der Waals surface area contributed by atoms with E-state index in [2.05, 4.69) is 223 Å². The molecule has 0 spiro atoms. The molecule has 0 amide bonds. The van der Waals surface area contributed by atoms with Crippen LogP contribution in [0, 0.1) is 0 Å². The summed E-state index contributed by atoms with van der Waals surface area (Å²) in [6.45, 7) is 0. The van der Waals surface area contributed by atoms with E-state index in [1.807, 2.05) is 0 Å². The number of hydrogen-bond acceptors (Lipinski definition) is 10. The number of rotatable bonds is 8. The maximum absolute atomic E-state index is 5.37. The van der Waals surface area contributed by atoms with Crippen LogP contribution < -0.4 is 59.6 Å². The first-order valence-corrected chi connectivity index (χ1v) is 28.8. The van der Waals surface area contributed by atoms with Crippen LogP contribution in [0.3, 0.4) is 0 Å². The van der Waals surface area contributed by atoms with Crippen molar-refractivity contribution in [1.29, 1.82) is 0 Å². The predicted molar refractivity (Wildman–Crippen MR) is 322 cm³/mol. The topological polar surface area (TPSA) is 131 Å². The summed E-state index contributed by atoms with van der Waals surface area (Å²) in [6.07, 6.45) is 0. The molecule has 0 N–H and O–H groups in total. The van der Waals surface area contributed by atoms with E-state index in [9.17, 15) is 0 Å². The van der Waals surface area contributed by atoms with Crippen LogP contribution in [-0.2, 0) is 40.1 Å². The van der Waals surface area contributed by atoms with E-state index in [1.165, 1.54) is 0 Å². The molecule has 8 bridgehead atoms. The molecule has 1 radical (unpaired) electrons. The molecular formula is C56H68Cl4CuN16S4-2. The predicted octanol–water partition coefficient (Wildman–Crippen LogP) is -4.17. The number of nitrogens with zero attached hydrogens (tertiary/aromatic N) is 16. The van der Waals surface area contributed by atoms with E-state index in [0.29, 0.717) is 45.9 Å². The number of thioether (sulfide) groups is 4. The standard InChI is InChI=1S/C56H68N16S4.4ClH.Cu/c1-65(2)53(66(3)4)73-29-33-17-21-37-41(25-33)49-57-45(37)62-50-43-27-35(31-75-55(69(9)10)70(11)12)19-23-39(43)47(59-50)64-52-44-28-36(32-76-56(71(13)14)72(15)16)20-24-40(44)48(60-52)63-51-42-26-34(18-22-38(42)46(58-51)61-49)30-74-54(67(5)6)68(7)8;;;;;/h17-28H,29-32H2,1-16H3;4*1H;/q+2;;;;;/p-4. The molecule has 9 rings (SSSR count). The molecule has 0 fully saturated rings. The van der Waals surface area contributed by atoms with Gasteiger partial charge >= 0.3 is 20.7 Å². The maximum atomic E-state index is 5.37. The van der Waals surface area contributed by atoms with Gasteiger partial charge < -0.3 is 79.5 Å². The molecule has 0 unspecified atom stereocenters. The van der Waals surface area contributed by atoms with E-state index < -0.39 is 0 Å². The van der Waals surface area contributed by atoms with Crippen molar-refractivity contribution in [2.75, 3.05) is 113 Å². The Morgan fingerprint density at radius 3 is 0.864 bits per heavy atom. The summed E-state index contributed by atoms with van der Waals surface area (Å²) in [6, 6.07) is 25.9. The number of benzene rings is 4. The van der Waals surface area contributed by atoms with Gasteiger partial charge in [0.2, 0.25) is 0 Å². The molecule has 0 saturated carbocycles. The number of hydrogen-bond donors (Lipinski definition) is 0. The SMILES string of the molecule is CN(C)C(SCc1ccc2c(c1)-c1nc-2nc2[n-]c(nc3nc(nc4[n-]c(n1)c1ccc(CSC(N(C)C)=[N+](C)C)cc41)-c1ccc(CSC(N(C)C)=[N+](C)C)cc1-3)c1ccc(CSC(N(C)C)=[N+](C)C)cc21)=[N+](C)C.[Cl-].[Cl-].[Cl-].[Cl-].[Cu]. The summed E-state index contributed by atoms with van der Waals surface area (Å²) in [5, 5.41) is 8.11. The van der Waals surface area contributed by atoms with Crippen LogP contribution in [0.1, 0.15) is 22.3 Å². The molecule has 7 aromatic rings. The molecule has 2 aliphatic rings. The van der Waals surface area contributed by atoms with E-state index >= 15 is 0 Å². The minimum Gasteiger partial charge on any atom is -1.00 e. The van der Waals surface area contributed by atoms with Crippen molar-refractivity contribution in [3.05, 3.63) is 95.1 Å². The summed E-state index contributed by atoms with van der Waals surface area (Å²) in [7, 11) is 33.2. The van der Waals surface area contributed by atoms with Gasteiger partial charge in [-0.25, -0.2) is 9.97 Å². The van der Waals surface area contributed by atoms with Crippen molar-refractivity contribution in [3.63, 3.8) is 0 Å². The molecule has 4 aromatic carbocycles. The summed E-state index contributed by atoms with van der Waals surface area (Å²) in [5.74, 6) is 5.09. The molecular weight excluding hydrogens is 1230 g/mol. The van der Waals surface area contributed by atoms with Crippen LogP contribution in [0.25, 0.3) is 89.7 Å². The Morgan fingerprint density at radius 2 is 0.593 bits per heavy atom. The minimum atomic E-state index is 0. The number of fused-ring (bicyclic) bond motifs is 20. The Labute approximate surface area is 528 Å². The Morgan fingerprint density at radius 1 is 0.346 bits per heavy atom. The van der Waals surface area contributed by atoms with Crippen molar-refractivity contribution < 1.29 is 85.0 Å². The molecule has 0 aliphatic carbocycles. The first kappa shape index (κ1) is 68.7. The van der Waals surface area contributed by atoms with E-state index in [0.717, 1.165) is 110 Å². The van der Waals surface area contributed by atoms with Crippen LogP contribution >= 0.6 is 47.0 Å². The fourth-order valence-electron chi connectivity index (χ4n) is 9.44. The first-order valence-electron chi connectivity index (χ1n) is 24.9. The van der Waals surface area contributed by atoms with Gasteiger partial charge in [0.1, 0.15) is 0 Å². The quantitative estimate of drug-likeness (QED) is 0.0632. The zero-order valence-corrected chi connectivity index (χ0v) is 55.6. The average Bonchev–Trinajstić information content (AvgIpc) is 4.08. The van der Waals surface area contributed by atoms with Gasteiger partial charge in [-0.2, -0.15) is 0 Å². The molecule has 81 heavy (non-hydrogen) atoms. The Kier molecular flexibility index (Phi) is 24.7. The third-order valence-corrected chi connectivity index (χ3v) is 18.4. The molecule has 16 nitrogen and oxygen atoms in total. The Bertz CT molecular complexity index is 3510. The number of aromatic nitrogens is 8. The van der Waals surface area contributed by atoms with Gasteiger partial charge in [-0.1, -0.05) is 48.5 Å². The second-order valence-corrected chi connectivity index (χ2v) is 24.2. The summed E-state index contributed by atoms with van der Waals surface area (Å²) < 4.78 is 8.57. The number of amidine groups is 4. The van der Waals surface area contributed by atoms with E-state index in [-0.39, 0.29) is 66.7 Å². The van der Waals surface area contributed by atoms with Gasteiger partial charge in [-0.15, -0.1) is 0 Å². The van der Waals surface area contributed by atoms with Crippen molar-refractivity contribution in [2.24, 2.45) is 0 Å². The minimum absolute atomic E-state index is 0. The van der Waals surface area contributed by atoms with Crippen molar-refractivity contribution in [3.8, 4) is 45.6 Å². The van der Waals surface area contributed by atoms with Gasteiger partial charge in [0.05, 0.1) is 136 Å². The van der Waals surface area contributed by atoms with Crippen LogP contribution in [0.5, 0.6) is 0 Å². The zero-order valence-electron chi connectivity index (χ0n) is 48.4. The third-order valence-electron chi connectivity index (χ3n) is 12.5. The molecule has 5 heterocycles. The van der Waals surface area contributed by atoms with Gasteiger partial charge in [0.15, 0.2) is 0 Å². The second kappa shape index (κ2) is 29.1. The van der Waals surface area contributed by atoms with Crippen molar-refractivity contribution in [1.82, 2.24) is 59.5 Å². The fraction of sp³-hybridized carbons (Fsp3) is 0.357. The number of halogens is 4. The molecule has 2 aliphatic heterocycles. The van der Waals surface area contributed by atoms with Gasteiger partial charge in [-0.3, -0.25) is 37.9 Å². The first-order chi connectivity index (χ1) is 36.2. The molecule has 0 saturated heterocycles. The van der Waals surface area contributed by atoms with Crippen LogP contribution in [0.2, 0.25) is 0 Å². The average molecular weight is 1300 g/mol. The van der Waals surface area contributed by atoms with Gasteiger partial charge in [0, 0.05) is 84.9 Å². The van der Waals surface area contributed by atoms with E-state index in [1.54, 1.807) is 47.0 Å². The second-order valence-electron chi connectivity index (χ2n) is 20.4. The Hall–Kier alpha value is -4.80. The molecule has 0 atom stereocenters. The van der Waals surface area contributed by atoms with Crippen molar-refractivity contribution >= 4 is 112 Å². The van der Waals surface area contributed by atoms with Crippen LogP contribution in [0.15, 0.2) is 72.8 Å².